The maximum absolute atomic E-state index is 13.0. The van der Waals surface area contributed by atoms with E-state index in [2.05, 4.69) is 9.97 Å². The van der Waals surface area contributed by atoms with Crippen LogP contribution in [0.15, 0.2) is 35.8 Å². The number of amides is 1. The van der Waals surface area contributed by atoms with Crippen LogP contribution >= 0.6 is 11.3 Å². The Kier molecular flexibility index (Phi) is 4.21. The van der Waals surface area contributed by atoms with Crippen LogP contribution in [0.4, 0.5) is 0 Å². The van der Waals surface area contributed by atoms with Crippen LogP contribution in [0.1, 0.15) is 42.7 Å². The molecule has 6 heteroatoms. The van der Waals surface area contributed by atoms with E-state index < -0.39 is 0 Å². The molecule has 0 atom stereocenters. The molecule has 3 aromatic heterocycles. The predicted octanol–water partition coefficient (Wildman–Crippen LogP) is 4.22. The van der Waals surface area contributed by atoms with Crippen molar-refractivity contribution in [1.29, 1.82) is 0 Å². The number of nitrogens with zero attached hydrogens (tertiary/aromatic N) is 2. The fourth-order valence-corrected chi connectivity index (χ4v) is 3.71. The first-order valence-corrected chi connectivity index (χ1v) is 9.47. The third-order valence-electron chi connectivity index (χ3n) is 4.23. The summed E-state index contributed by atoms with van der Waals surface area (Å²) in [5, 5.41) is 2.03. The number of rotatable bonds is 6. The largest absolute Gasteiger partial charge is 0.475 e. The molecule has 1 saturated carbocycles. The molecule has 5 nitrogen and oxygen atoms in total. The zero-order chi connectivity index (χ0) is 17.4. The SMILES string of the molecule is CC(C)Oc1cc(CN(C(=O)c2cc3sccc3[nH]2)C2CC2)ccn1. The van der Waals surface area contributed by atoms with Crippen LogP contribution in [0.5, 0.6) is 5.88 Å². The van der Waals surface area contributed by atoms with Gasteiger partial charge in [-0.3, -0.25) is 4.79 Å². The lowest BCUT2D eigenvalue weighted by atomic mass is 10.2. The van der Waals surface area contributed by atoms with Crippen LogP contribution in [0.25, 0.3) is 10.2 Å². The van der Waals surface area contributed by atoms with Crippen molar-refractivity contribution >= 4 is 27.5 Å². The third kappa shape index (κ3) is 3.54. The van der Waals surface area contributed by atoms with Crippen LogP contribution in [0.2, 0.25) is 0 Å². The van der Waals surface area contributed by atoms with E-state index >= 15 is 0 Å². The van der Waals surface area contributed by atoms with Crippen molar-refractivity contribution in [1.82, 2.24) is 14.9 Å². The maximum atomic E-state index is 13.0. The Morgan fingerprint density at radius 2 is 2.24 bits per heavy atom. The van der Waals surface area contributed by atoms with Gasteiger partial charge in [0.25, 0.3) is 5.91 Å². The summed E-state index contributed by atoms with van der Waals surface area (Å²) >= 11 is 1.65. The van der Waals surface area contributed by atoms with E-state index in [0.717, 1.165) is 28.6 Å². The Morgan fingerprint density at radius 1 is 1.40 bits per heavy atom. The van der Waals surface area contributed by atoms with Gasteiger partial charge in [0.05, 0.1) is 16.3 Å². The van der Waals surface area contributed by atoms with E-state index in [1.54, 1.807) is 17.5 Å². The first kappa shape index (κ1) is 16.1. The lowest BCUT2D eigenvalue weighted by molar-refractivity contribution is 0.0724. The summed E-state index contributed by atoms with van der Waals surface area (Å²) in [6.07, 6.45) is 3.96. The Morgan fingerprint density at radius 3 is 2.96 bits per heavy atom. The molecule has 0 radical (unpaired) electrons. The van der Waals surface area contributed by atoms with Gasteiger partial charge < -0.3 is 14.6 Å². The second-order valence-electron chi connectivity index (χ2n) is 6.71. The number of nitrogens with one attached hydrogen (secondary N) is 1. The number of ether oxygens (including phenoxy) is 1. The van der Waals surface area contributed by atoms with Gasteiger partial charge in [-0.25, -0.2) is 4.98 Å². The molecule has 1 N–H and O–H groups in total. The molecule has 1 amide bonds. The van der Waals surface area contributed by atoms with Gasteiger partial charge in [0, 0.05) is 24.8 Å². The van der Waals surface area contributed by atoms with Crippen molar-refractivity contribution in [2.24, 2.45) is 0 Å². The lowest BCUT2D eigenvalue weighted by Crippen LogP contribution is -2.32. The molecule has 1 aliphatic carbocycles. The molecule has 3 heterocycles. The summed E-state index contributed by atoms with van der Waals surface area (Å²) in [6, 6.07) is 8.17. The van der Waals surface area contributed by atoms with Crippen LogP contribution in [-0.4, -0.2) is 32.9 Å². The smallest absolute Gasteiger partial charge is 0.270 e. The highest BCUT2D eigenvalue weighted by Crippen LogP contribution is 2.31. The minimum Gasteiger partial charge on any atom is -0.475 e. The highest BCUT2D eigenvalue weighted by molar-refractivity contribution is 7.17. The summed E-state index contributed by atoms with van der Waals surface area (Å²) in [4.78, 5) is 22.5. The molecule has 4 rings (SSSR count). The number of hydrogen-bond donors (Lipinski definition) is 1. The minimum absolute atomic E-state index is 0.0639. The molecular formula is C19H21N3O2S. The second kappa shape index (κ2) is 6.52. The summed E-state index contributed by atoms with van der Waals surface area (Å²) in [7, 11) is 0. The molecule has 0 aromatic carbocycles. The van der Waals surface area contributed by atoms with Gasteiger partial charge in [-0.15, -0.1) is 11.3 Å². The quantitative estimate of drug-likeness (QED) is 0.720. The molecule has 130 valence electrons. The van der Waals surface area contributed by atoms with Crippen molar-refractivity contribution in [2.45, 2.75) is 45.4 Å². The van der Waals surface area contributed by atoms with Crippen LogP contribution in [0, 0.1) is 0 Å². The number of pyridine rings is 1. The lowest BCUT2D eigenvalue weighted by Gasteiger charge is -2.22. The van der Waals surface area contributed by atoms with Gasteiger partial charge in [-0.05, 0) is 55.8 Å². The number of H-pyrrole nitrogens is 1. The zero-order valence-corrected chi connectivity index (χ0v) is 15.2. The Bertz CT molecular complexity index is 866. The summed E-state index contributed by atoms with van der Waals surface area (Å²) < 4.78 is 6.79. The number of aromatic amines is 1. The van der Waals surface area contributed by atoms with Gasteiger partial charge in [-0.2, -0.15) is 0 Å². The highest BCUT2D eigenvalue weighted by Gasteiger charge is 2.33. The Labute approximate surface area is 150 Å². The van der Waals surface area contributed by atoms with E-state index in [1.807, 2.05) is 48.4 Å². The van der Waals surface area contributed by atoms with Crippen molar-refractivity contribution in [2.75, 3.05) is 0 Å². The number of carbonyl (C=O) groups is 1. The minimum atomic E-state index is 0.0639. The molecule has 0 aliphatic heterocycles. The van der Waals surface area contributed by atoms with Gasteiger partial charge in [0.15, 0.2) is 0 Å². The monoisotopic (exact) mass is 355 g/mol. The number of aromatic nitrogens is 2. The van der Waals surface area contributed by atoms with Crippen LogP contribution in [0.3, 0.4) is 0 Å². The summed E-state index contributed by atoms with van der Waals surface area (Å²) in [5.74, 6) is 0.671. The normalized spacial score (nSPS) is 14.2. The molecule has 3 aromatic rings. The van der Waals surface area contributed by atoms with Crippen LogP contribution < -0.4 is 4.74 Å². The molecule has 0 spiro atoms. The van der Waals surface area contributed by atoms with Gasteiger partial charge in [-0.1, -0.05) is 0 Å². The highest BCUT2D eigenvalue weighted by atomic mass is 32.1. The van der Waals surface area contributed by atoms with Crippen molar-refractivity contribution in [3.05, 3.63) is 47.1 Å². The molecular weight excluding hydrogens is 334 g/mol. The Balaban J connectivity index is 1.55. The molecule has 1 aliphatic rings. The molecule has 1 fully saturated rings. The number of thiophene rings is 1. The van der Waals surface area contributed by atoms with Crippen molar-refractivity contribution in [3.8, 4) is 5.88 Å². The van der Waals surface area contributed by atoms with Crippen LogP contribution in [-0.2, 0) is 6.54 Å². The van der Waals surface area contributed by atoms with E-state index in [9.17, 15) is 4.79 Å². The third-order valence-corrected chi connectivity index (χ3v) is 5.09. The predicted molar refractivity (Wildman–Crippen MR) is 99.1 cm³/mol. The molecule has 0 unspecified atom stereocenters. The number of hydrogen-bond acceptors (Lipinski definition) is 4. The molecule has 0 saturated heterocycles. The van der Waals surface area contributed by atoms with Gasteiger partial charge >= 0.3 is 0 Å². The van der Waals surface area contributed by atoms with E-state index in [0.29, 0.717) is 24.2 Å². The fourth-order valence-electron chi connectivity index (χ4n) is 2.92. The number of carbonyl (C=O) groups excluding carboxylic acids is 1. The van der Waals surface area contributed by atoms with E-state index in [1.165, 1.54) is 0 Å². The first-order chi connectivity index (χ1) is 12.1. The Hall–Kier alpha value is -2.34. The first-order valence-electron chi connectivity index (χ1n) is 8.59. The number of fused-ring (bicyclic) bond motifs is 1. The molecule has 25 heavy (non-hydrogen) atoms. The second-order valence-corrected chi connectivity index (χ2v) is 7.66. The summed E-state index contributed by atoms with van der Waals surface area (Å²) in [6.45, 7) is 4.53. The average Bonchev–Trinajstić information content (AvgIpc) is 3.17. The van der Waals surface area contributed by atoms with Gasteiger partial charge in [0.1, 0.15) is 5.69 Å². The zero-order valence-electron chi connectivity index (χ0n) is 14.4. The maximum Gasteiger partial charge on any atom is 0.270 e. The van der Waals surface area contributed by atoms with Crippen molar-refractivity contribution in [3.63, 3.8) is 0 Å². The van der Waals surface area contributed by atoms with E-state index in [-0.39, 0.29) is 12.0 Å². The fraction of sp³-hybridized carbons (Fsp3) is 0.368. The standard InChI is InChI=1S/C19H21N3O2S/c1-12(2)24-18-9-13(5-7-20-18)11-22(14-3-4-14)19(23)16-10-17-15(21-16)6-8-25-17/h5-10,12,14,21H,3-4,11H2,1-2H3. The molecule has 0 bridgehead atoms. The average molecular weight is 355 g/mol. The topological polar surface area (TPSA) is 58.2 Å². The van der Waals surface area contributed by atoms with Crippen molar-refractivity contribution < 1.29 is 9.53 Å². The van der Waals surface area contributed by atoms with E-state index in [4.69, 9.17) is 4.74 Å². The van der Waals surface area contributed by atoms with Gasteiger partial charge in [0.2, 0.25) is 5.88 Å². The summed E-state index contributed by atoms with van der Waals surface area (Å²) in [5.41, 5.74) is 2.74.